The minimum absolute atomic E-state index is 0.133. The van der Waals surface area contributed by atoms with E-state index in [0.29, 0.717) is 25.0 Å². The van der Waals surface area contributed by atoms with Crippen LogP contribution in [0.1, 0.15) is 12.0 Å². The van der Waals surface area contributed by atoms with Gasteiger partial charge in [0.05, 0.1) is 0 Å². The maximum atomic E-state index is 12.8. The number of rotatable bonds is 5. The number of halogens is 2. The average Bonchev–Trinajstić information content (AvgIpc) is 2.13. The van der Waals surface area contributed by atoms with Crippen molar-refractivity contribution in [1.82, 2.24) is 0 Å². The Balaban J connectivity index is 2.56. The van der Waals surface area contributed by atoms with Crippen molar-refractivity contribution in [3.8, 4) is 0 Å². The topological polar surface area (TPSA) is 35.2 Å². The Morgan fingerprint density at radius 2 is 1.87 bits per heavy atom. The molecule has 2 N–H and O–H groups in total. The van der Waals surface area contributed by atoms with Crippen LogP contribution in [0.15, 0.2) is 18.2 Å². The molecule has 15 heavy (non-hydrogen) atoms. The first kappa shape index (κ1) is 12.1. The molecule has 0 amide bonds. The number of benzene rings is 1. The molecule has 1 aromatic carbocycles. The molecule has 0 aliphatic heterocycles. The van der Waals surface area contributed by atoms with Gasteiger partial charge in [0.25, 0.3) is 0 Å². The summed E-state index contributed by atoms with van der Waals surface area (Å²) in [7, 11) is 1.59. The van der Waals surface area contributed by atoms with Gasteiger partial charge in [-0.25, -0.2) is 8.78 Å². The molecule has 0 spiro atoms. The highest BCUT2D eigenvalue weighted by atomic mass is 19.1. The van der Waals surface area contributed by atoms with Crippen LogP contribution in [0.4, 0.5) is 8.78 Å². The van der Waals surface area contributed by atoms with Gasteiger partial charge in [-0.05, 0) is 30.5 Å². The van der Waals surface area contributed by atoms with E-state index < -0.39 is 11.6 Å². The van der Waals surface area contributed by atoms with Gasteiger partial charge in [0.2, 0.25) is 0 Å². The van der Waals surface area contributed by atoms with Crippen LogP contribution in [-0.2, 0) is 11.2 Å². The fraction of sp³-hybridized carbons (Fsp3) is 0.455. The van der Waals surface area contributed by atoms with Crippen LogP contribution in [0.3, 0.4) is 0 Å². The molecule has 0 aromatic heterocycles. The second-order valence-electron chi connectivity index (χ2n) is 3.52. The Hall–Kier alpha value is -1.00. The van der Waals surface area contributed by atoms with E-state index in [2.05, 4.69) is 0 Å². The van der Waals surface area contributed by atoms with Crippen LogP contribution in [0, 0.1) is 11.6 Å². The number of ether oxygens (including phenoxy) is 1. The third kappa shape index (κ3) is 4.36. The molecule has 1 aromatic rings. The summed E-state index contributed by atoms with van der Waals surface area (Å²) in [5, 5.41) is 0. The highest BCUT2D eigenvalue weighted by Gasteiger charge is 2.06. The molecular weight excluding hydrogens is 200 g/mol. The van der Waals surface area contributed by atoms with Gasteiger partial charge in [-0.2, -0.15) is 0 Å². The Morgan fingerprint density at radius 3 is 2.40 bits per heavy atom. The van der Waals surface area contributed by atoms with Gasteiger partial charge in [-0.15, -0.1) is 0 Å². The SMILES string of the molecule is COCCC(N)Cc1cc(F)cc(F)c1. The average molecular weight is 215 g/mol. The van der Waals surface area contributed by atoms with Gasteiger partial charge < -0.3 is 10.5 Å². The van der Waals surface area contributed by atoms with E-state index in [1.54, 1.807) is 7.11 Å². The van der Waals surface area contributed by atoms with E-state index in [-0.39, 0.29) is 6.04 Å². The Labute approximate surface area is 88.0 Å². The first-order valence-corrected chi connectivity index (χ1v) is 4.81. The standard InChI is InChI=1S/C11H15F2NO/c1-15-3-2-11(14)6-8-4-9(12)7-10(13)5-8/h4-5,7,11H,2-3,6,14H2,1H3. The minimum atomic E-state index is -0.566. The molecule has 1 atom stereocenters. The molecule has 0 aliphatic rings. The van der Waals surface area contributed by atoms with Crippen LogP contribution in [0.25, 0.3) is 0 Å². The Morgan fingerprint density at radius 1 is 1.27 bits per heavy atom. The van der Waals surface area contributed by atoms with Crippen LogP contribution < -0.4 is 5.73 Å². The summed E-state index contributed by atoms with van der Waals surface area (Å²) >= 11 is 0. The Bertz CT molecular complexity index is 297. The smallest absolute Gasteiger partial charge is 0.126 e. The van der Waals surface area contributed by atoms with Gasteiger partial charge in [0, 0.05) is 25.8 Å². The first-order chi connectivity index (χ1) is 7.11. The highest BCUT2D eigenvalue weighted by molar-refractivity contribution is 5.18. The fourth-order valence-corrected chi connectivity index (χ4v) is 1.40. The van der Waals surface area contributed by atoms with E-state index in [1.807, 2.05) is 0 Å². The van der Waals surface area contributed by atoms with Crippen molar-refractivity contribution in [2.75, 3.05) is 13.7 Å². The van der Waals surface area contributed by atoms with E-state index in [9.17, 15) is 8.78 Å². The van der Waals surface area contributed by atoms with E-state index in [1.165, 1.54) is 12.1 Å². The van der Waals surface area contributed by atoms with Crippen LogP contribution in [0.2, 0.25) is 0 Å². The largest absolute Gasteiger partial charge is 0.385 e. The van der Waals surface area contributed by atoms with E-state index >= 15 is 0 Å². The summed E-state index contributed by atoms with van der Waals surface area (Å²) in [6.07, 6.45) is 1.13. The van der Waals surface area contributed by atoms with Gasteiger partial charge in [-0.1, -0.05) is 0 Å². The Kier molecular flexibility index (Phi) is 4.65. The molecule has 0 bridgehead atoms. The lowest BCUT2D eigenvalue weighted by molar-refractivity contribution is 0.188. The summed E-state index contributed by atoms with van der Waals surface area (Å²) < 4.78 is 30.5. The lowest BCUT2D eigenvalue weighted by Crippen LogP contribution is -2.24. The monoisotopic (exact) mass is 215 g/mol. The van der Waals surface area contributed by atoms with Crippen LogP contribution in [-0.4, -0.2) is 19.8 Å². The fourth-order valence-electron chi connectivity index (χ4n) is 1.40. The van der Waals surface area contributed by atoms with Gasteiger partial charge >= 0.3 is 0 Å². The quantitative estimate of drug-likeness (QED) is 0.813. The predicted molar refractivity (Wildman–Crippen MR) is 54.5 cm³/mol. The van der Waals surface area contributed by atoms with Gasteiger partial charge in [0.15, 0.2) is 0 Å². The molecule has 0 heterocycles. The van der Waals surface area contributed by atoms with Crippen molar-refractivity contribution in [3.05, 3.63) is 35.4 Å². The van der Waals surface area contributed by atoms with E-state index in [0.717, 1.165) is 6.07 Å². The van der Waals surface area contributed by atoms with Crippen molar-refractivity contribution in [2.24, 2.45) is 5.73 Å². The maximum Gasteiger partial charge on any atom is 0.126 e. The molecule has 0 radical (unpaired) electrons. The van der Waals surface area contributed by atoms with Crippen LogP contribution >= 0.6 is 0 Å². The van der Waals surface area contributed by atoms with Crippen molar-refractivity contribution in [1.29, 1.82) is 0 Å². The second kappa shape index (κ2) is 5.78. The molecule has 0 aliphatic carbocycles. The van der Waals surface area contributed by atoms with Crippen molar-refractivity contribution >= 4 is 0 Å². The zero-order valence-corrected chi connectivity index (χ0v) is 8.67. The number of hydrogen-bond acceptors (Lipinski definition) is 2. The van der Waals surface area contributed by atoms with Crippen molar-refractivity contribution in [3.63, 3.8) is 0 Å². The minimum Gasteiger partial charge on any atom is -0.385 e. The summed E-state index contributed by atoms with van der Waals surface area (Å²) in [4.78, 5) is 0. The lowest BCUT2D eigenvalue weighted by Gasteiger charge is -2.10. The molecule has 0 saturated heterocycles. The lowest BCUT2D eigenvalue weighted by atomic mass is 10.0. The maximum absolute atomic E-state index is 12.8. The summed E-state index contributed by atoms with van der Waals surface area (Å²) in [5.41, 5.74) is 6.35. The molecule has 1 unspecified atom stereocenters. The molecule has 2 nitrogen and oxygen atoms in total. The summed E-state index contributed by atoms with van der Waals surface area (Å²) in [6.45, 7) is 0.555. The first-order valence-electron chi connectivity index (χ1n) is 4.81. The normalized spacial score (nSPS) is 12.8. The summed E-state index contributed by atoms with van der Waals surface area (Å²) in [6, 6.07) is 3.32. The van der Waals surface area contributed by atoms with Crippen LogP contribution in [0.5, 0.6) is 0 Å². The van der Waals surface area contributed by atoms with E-state index in [4.69, 9.17) is 10.5 Å². The second-order valence-corrected chi connectivity index (χ2v) is 3.52. The molecule has 4 heteroatoms. The number of nitrogens with two attached hydrogens (primary N) is 1. The van der Waals surface area contributed by atoms with Gasteiger partial charge in [0.1, 0.15) is 11.6 Å². The van der Waals surface area contributed by atoms with Crippen molar-refractivity contribution in [2.45, 2.75) is 18.9 Å². The molecule has 0 saturated carbocycles. The number of hydrogen-bond donors (Lipinski definition) is 1. The molecule has 84 valence electrons. The zero-order valence-electron chi connectivity index (χ0n) is 8.67. The van der Waals surface area contributed by atoms with Crippen molar-refractivity contribution < 1.29 is 13.5 Å². The van der Waals surface area contributed by atoms with Gasteiger partial charge in [-0.3, -0.25) is 0 Å². The highest BCUT2D eigenvalue weighted by Crippen LogP contribution is 2.10. The zero-order chi connectivity index (χ0) is 11.3. The third-order valence-electron chi connectivity index (χ3n) is 2.11. The molecular formula is C11H15F2NO. The predicted octanol–water partition coefficient (Wildman–Crippen LogP) is 1.87. The molecule has 1 rings (SSSR count). The summed E-state index contributed by atoms with van der Waals surface area (Å²) in [5.74, 6) is -1.13. The number of methoxy groups -OCH3 is 1. The molecule has 0 fully saturated rings. The third-order valence-corrected chi connectivity index (χ3v) is 2.11.